The molecule has 110 valence electrons. The number of anilines is 2. The maximum atomic E-state index is 4.73. The van der Waals surface area contributed by atoms with Gasteiger partial charge < -0.3 is 14.7 Å². The molecule has 0 unspecified atom stereocenters. The van der Waals surface area contributed by atoms with Crippen molar-refractivity contribution in [2.75, 3.05) is 56.1 Å². The minimum Gasteiger partial charge on any atom is -0.355 e. The van der Waals surface area contributed by atoms with Crippen LogP contribution in [-0.2, 0) is 0 Å². The molecule has 2 fully saturated rings. The van der Waals surface area contributed by atoms with Gasteiger partial charge in [0.2, 0.25) is 5.95 Å². The Morgan fingerprint density at radius 2 is 1.70 bits per heavy atom. The van der Waals surface area contributed by atoms with Gasteiger partial charge in [-0.2, -0.15) is 10.1 Å². The summed E-state index contributed by atoms with van der Waals surface area (Å²) in [6, 6.07) is 0. The Kier molecular flexibility index (Phi) is 4.00. The van der Waals surface area contributed by atoms with Gasteiger partial charge in [0, 0.05) is 39.3 Å². The Morgan fingerprint density at radius 1 is 1.00 bits per heavy atom. The average molecular weight is 276 g/mol. The molecule has 2 aliphatic heterocycles. The van der Waals surface area contributed by atoms with E-state index in [0.29, 0.717) is 0 Å². The van der Waals surface area contributed by atoms with Crippen LogP contribution >= 0.6 is 0 Å². The van der Waals surface area contributed by atoms with Gasteiger partial charge in [0.15, 0.2) is 5.82 Å². The van der Waals surface area contributed by atoms with Crippen molar-refractivity contribution >= 4 is 11.8 Å². The van der Waals surface area contributed by atoms with E-state index in [0.717, 1.165) is 57.0 Å². The maximum Gasteiger partial charge on any atom is 0.247 e. The lowest BCUT2D eigenvalue weighted by Crippen LogP contribution is -2.45. The van der Waals surface area contributed by atoms with Crippen LogP contribution in [0.3, 0.4) is 0 Å². The zero-order valence-electron chi connectivity index (χ0n) is 12.5. The Hall–Kier alpha value is -1.43. The molecule has 0 atom stereocenters. The minimum absolute atomic E-state index is 0.786. The predicted molar refractivity (Wildman–Crippen MR) is 80.1 cm³/mol. The summed E-state index contributed by atoms with van der Waals surface area (Å²) in [5, 5.41) is 8.38. The molecule has 3 rings (SSSR count). The highest BCUT2D eigenvalue weighted by molar-refractivity contribution is 5.42. The molecular formula is C14H24N6. The van der Waals surface area contributed by atoms with Crippen LogP contribution < -0.4 is 9.80 Å². The third-order valence-electron chi connectivity index (χ3n) is 4.43. The quantitative estimate of drug-likeness (QED) is 0.798. The lowest BCUT2D eigenvalue weighted by Gasteiger charge is -2.33. The first kappa shape index (κ1) is 13.5. The predicted octanol–water partition coefficient (Wildman–Crippen LogP) is 0.860. The van der Waals surface area contributed by atoms with Gasteiger partial charge in [-0.05, 0) is 25.8 Å². The van der Waals surface area contributed by atoms with E-state index < -0.39 is 0 Å². The average Bonchev–Trinajstić information content (AvgIpc) is 2.49. The number of piperazine rings is 1. The molecule has 6 heteroatoms. The van der Waals surface area contributed by atoms with E-state index in [1.54, 1.807) is 6.20 Å². The van der Waals surface area contributed by atoms with Crippen LogP contribution in [0.4, 0.5) is 11.8 Å². The van der Waals surface area contributed by atoms with Crippen LogP contribution in [0.5, 0.6) is 0 Å². The summed E-state index contributed by atoms with van der Waals surface area (Å²) >= 11 is 0. The van der Waals surface area contributed by atoms with Crippen LogP contribution in [-0.4, -0.2) is 66.4 Å². The second-order valence-corrected chi connectivity index (χ2v) is 6.07. The van der Waals surface area contributed by atoms with Crippen LogP contribution in [0.15, 0.2) is 6.20 Å². The topological polar surface area (TPSA) is 48.4 Å². The zero-order valence-corrected chi connectivity index (χ0v) is 12.5. The first-order valence-corrected chi connectivity index (χ1v) is 7.60. The zero-order chi connectivity index (χ0) is 13.9. The van der Waals surface area contributed by atoms with Gasteiger partial charge in [-0.25, -0.2) is 0 Å². The highest BCUT2D eigenvalue weighted by Gasteiger charge is 2.20. The fourth-order valence-corrected chi connectivity index (χ4v) is 2.82. The Bertz CT molecular complexity index is 398. The molecule has 0 radical (unpaired) electrons. The van der Waals surface area contributed by atoms with Crippen molar-refractivity contribution in [2.45, 2.75) is 19.8 Å². The van der Waals surface area contributed by atoms with Gasteiger partial charge in [-0.15, -0.1) is 5.10 Å². The standard InChI is InChI=1S/C14H24N6/c1-12-3-5-19(6-4-12)13-11-15-17-14(16-13)20-9-7-18(2)8-10-20/h11-12H,3-10H2,1-2H3. The molecule has 0 saturated carbocycles. The van der Waals surface area contributed by atoms with Gasteiger partial charge in [0.25, 0.3) is 0 Å². The summed E-state index contributed by atoms with van der Waals surface area (Å²) in [5.41, 5.74) is 0. The largest absolute Gasteiger partial charge is 0.355 e. The summed E-state index contributed by atoms with van der Waals surface area (Å²) in [4.78, 5) is 11.6. The SMILES string of the molecule is CC1CCN(c2cnnc(N3CCN(C)CC3)n2)CC1. The van der Waals surface area contributed by atoms with Crippen molar-refractivity contribution in [2.24, 2.45) is 5.92 Å². The van der Waals surface area contributed by atoms with Crippen molar-refractivity contribution in [1.29, 1.82) is 0 Å². The molecular weight excluding hydrogens is 252 g/mol. The number of hydrogen-bond acceptors (Lipinski definition) is 6. The summed E-state index contributed by atoms with van der Waals surface area (Å²) in [5.74, 6) is 2.60. The first-order valence-electron chi connectivity index (χ1n) is 7.60. The molecule has 0 aliphatic carbocycles. The molecule has 20 heavy (non-hydrogen) atoms. The third kappa shape index (κ3) is 3.00. The van der Waals surface area contributed by atoms with E-state index in [4.69, 9.17) is 4.98 Å². The highest BCUT2D eigenvalue weighted by Crippen LogP contribution is 2.22. The maximum absolute atomic E-state index is 4.73. The summed E-state index contributed by atoms with van der Waals surface area (Å²) in [6.07, 6.45) is 4.29. The van der Waals surface area contributed by atoms with Gasteiger partial charge in [-0.3, -0.25) is 0 Å². The second-order valence-electron chi connectivity index (χ2n) is 6.07. The molecule has 0 bridgehead atoms. The van der Waals surface area contributed by atoms with E-state index in [-0.39, 0.29) is 0 Å². The van der Waals surface area contributed by atoms with Crippen LogP contribution in [0.1, 0.15) is 19.8 Å². The van der Waals surface area contributed by atoms with E-state index in [1.807, 2.05) is 0 Å². The van der Waals surface area contributed by atoms with E-state index in [1.165, 1.54) is 12.8 Å². The normalized spacial score (nSPS) is 22.3. The molecule has 2 aliphatic rings. The molecule has 0 N–H and O–H groups in total. The number of piperidine rings is 1. The Morgan fingerprint density at radius 3 is 2.40 bits per heavy atom. The number of hydrogen-bond donors (Lipinski definition) is 0. The van der Waals surface area contributed by atoms with E-state index in [9.17, 15) is 0 Å². The van der Waals surface area contributed by atoms with Crippen LogP contribution in [0.2, 0.25) is 0 Å². The van der Waals surface area contributed by atoms with Crippen LogP contribution in [0.25, 0.3) is 0 Å². The Labute approximate surface area is 120 Å². The van der Waals surface area contributed by atoms with Crippen molar-refractivity contribution in [3.05, 3.63) is 6.20 Å². The third-order valence-corrected chi connectivity index (χ3v) is 4.43. The Balaban J connectivity index is 1.69. The fourth-order valence-electron chi connectivity index (χ4n) is 2.82. The number of nitrogens with zero attached hydrogens (tertiary/aromatic N) is 6. The van der Waals surface area contributed by atoms with Gasteiger partial charge >= 0.3 is 0 Å². The smallest absolute Gasteiger partial charge is 0.247 e. The molecule has 6 nitrogen and oxygen atoms in total. The highest BCUT2D eigenvalue weighted by atomic mass is 15.4. The van der Waals surface area contributed by atoms with Gasteiger partial charge in [0.05, 0.1) is 6.20 Å². The number of aromatic nitrogens is 3. The van der Waals surface area contributed by atoms with E-state index in [2.05, 4.69) is 38.9 Å². The molecule has 0 spiro atoms. The minimum atomic E-state index is 0.786. The monoisotopic (exact) mass is 276 g/mol. The van der Waals surface area contributed by atoms with Crippen LogP contribution in [0, 0.1) is 5.92 Å². The second kappa shape index (κ2) is 5.91. The lowest BCUT2D eigenvalue weighted by atomic mass is 9.99. The summed E-state index contributed by atoms with van der Waals surface area (Å²) < 4.78 is 0. The van der Waals surface area contributed by atoms with Crippen molar-refractivity contribution in [3.63, 3.8) is 0 Å². The molecule has 1 aromatic heterocycles. The van der Waals surface area contributed by atoms with Crippen molar-refractivity contribution < 1.29 is 0 Å². The molecule has 3 heterocycles. The van der Waals surface area contributed by atoms with Gasteiger partial charge in [-0.1, -0.05) is 6.92 Å². The summed E-state index contributed by atoms with van der Waals surface area (Å²) in [7, 11) is 2.15. The fraction of sp³-hybridized carbons (Fsp3) is 0.786. The first-order chi connectivity index (χ1) is 9.72. The molecule has 0 aromatic carbocycles. The number of likely N-dealkylation sites (N-methyl/N-ethyl adjacent to an activating group) is 1. The molecule has 2 saturated heterocycles. The molecule has 1 aromatic rings. The summed E-state index contributed by atoms with van der Waals surface area (Å²) in [6.45, 7) is 8.59. The number of rotatable bonds is 2. The molecule has 0 amide bonds. The lowest BCUT2D eigenvalue weighted by molar-refractivity contribution is 0.310. The van der Waals surface area contributed by atoms with Gasteiger partial charge in [0.1, 0.15) is 0 Å². The van der Waals surface area contributed by atoms with E-state index >= 15 is 0 Å². The van der Waals surface area contributed by atoms with Crippen molar-refractivity contribution in [1.82, 2.24) is 20.1 Å². The van der Waals surface area contributed by atoms with Crippen molar-refractivity contribution in [3.8, 4) is 0 Å².